The van der Waals surface area contributed by atoms with E-state index in [0.717, 1.165) is 60.3 Å². The molecule has 5 rings (SSSR count). The molecular formula is C26H28N4O. The largest absolute Gasteiger partial charge is 0.369 e. The van der Waals surface area contributed by atoms with Crippen LogP contribution in [0.4, 0.5) is 17.1 Å². The van der Waals surface area contributed by atoms with Gasteiger partial charge in [-0.05, 0) is 49.9 Å². The number of aldehydes is 1. The monoisotopic (exact) mass is 412 g/mol. The highest BCUT2D eigenvalue weighted by Gasteiger charge is 2.25. The van der Waals surface area contributed by atoms with Crippen molar-refractivity contribution in [1.82, 2.24) is 4.57 Å². The van der Waals surface area contributed by atoms with Crippen molar-refractivity contribution in [2.24, 2.45) is 10.9 Å². The van der Waals surface area contributed by atoms with Gasteiger partial charge in [0.2, 0.25) is 0 Å². The zero-order chi connectivity index (χ0) is 21.5. The van der Waals surface area contributed by atoms with Crippen LogP contribution in [0.3, 0.4) is 0 Å². The van der Waals surface area contributed by atoms with Crippen LogP contribution in [0.5, 0.6) is 0 Å². The van der Waals surface area contributed by atoms with Crippen molar-refractivity contribution in [2.45, 2.75) is 26.3 Å². The Labute approximate surface area is 183 Å². The molecule has 5 nitrogen and oxygen atoms in total. The number of fused-ring (bicyclic) bond motifs is 2. The fourth-order valence-electron chi connectivity index (χ4n) is 4.50. The summed E-state index contributed by atoms with van der Waals surface area (Å²) in [5.74, 6) is 0.768. The Morgan fingerprint density at radius 2 is 2.00 bits per heavy atom. The summed E-state index contributed by atoms with van der Waals surface area (Å²) in [7, 11) is 2.08. The van der Waals surface area contributed by atoms with E-state index in [1.54, 1.807) is 0 Å². The Morgan fingerprint density at radius 1 is 1.19 bits per heavy atom. The lowest BCUT2D eigenvalue weighted by atomic mass is 10.1. The van der Waals surface area contributed by atoms with E-state index < -0.39 is 0 Å². The van der Waals surface area contributed by atoms with E-state index in [2.05, 4.69) is 58.3 Å². The average Bonchev–Trinajstić information content (AvgIpc) is 3.52. The number of rotatable bonds is 6. The van der Waals surface area contributed by atoms with E-state index in [1.165, 1.54) is 23.7 Å². The predicted octanol–water partition coefficient (Wildman–Crippen LogP) is 5.40. The second-order valence-corrected chi connectivity index (χ2v) is 8.77. The zero-order valence-electron chi connectivity index (χ0n) is 18.2. The van der Waals surface area contributed by atoms with Crippen LogP contribution in [0.2, 0.25) is 0 Å². The molecule has 0 spiro atoms. The first-order chi connectivity index (χ1) is 15.0. The van der Waals surface area contributed by atoms with Crippen LogP contribution in [0.15, 0.2) is 59.7 Å². The summed E-state index contributed by atoms with van der Waals surface area (Å²) < 4.78 is 2.39. The topological polar surface area (TPSA) is 40.8 Å². The summed E-state index contributed by atoms with van der Waals surface area (Å²) in [5, 5.41) is 1.24. The van der Waals surface area contributed by atoms with E-state index in [9.17, 15) is 4.79 Å². The first-order valence-electron chi connectivity index (χ1n) is 10.9. The molecular weight excluding hydrogens is 384 g/mol. The van der Waals surface area contributed by atoms with Gasteiger partial charge in [0.15, 0.2) is 0 Å². The number of para-hydroxylation sites is 1. The van der Waals surface area contributed by atoms with Crippen LogP contribution in [0, 0.1) is 5.92 Å². The summed E-state index contributed by atoms with van der Waals surface area (Å²) >= 11 is 0. The summed E-state index contributed by atoms with van der Waals surface area (Å²) in [6.45, 7) is 8.89. The minimum atomic E-state index is 0.631. The highest BCUT2D eigenvalue weighted by Crippen LogP contribution is 2.42. The van der Waals surface area contributed by atoms with Crippen molar-refractivity contribution < 1.29 is 4.79 Å². The van der Waals surface area contributed by atoms with Crippen molar-refractivity contribution in [3.05, 3.63) is 66.0 Å². The first kappa shape index (κ1) is 19.6. The molecule has 1 aliphatic carbocycles. The third-order valence-corrected chi connectivity index (χ3v) is 6.34. The first-order valence-corrected chi connectivity index (χ1v) is 10.9. The molecule has 2 aromatic carbocycles. The number of anilines is 2. The predicted molar refractivity (Wildman–Crippen MR) is 129 cm³/mol. The molecule has 2 aliphatic rings. The van der Waals surface area contributed by atoms with Crippen LogP contribution in [0.1, 0.15) is 35.8 Å². The number of likely N-dealkylation sites (N-methyl/N-ethyl adjacent to an activating group) is 1. The highest BCUT2D eigenvalue weighted by atomic mass is 16.1. The molecule has 0 N–H and O–H groups in total. The molecule has 0 saturated heterocycles. The normalized spacial score (nSPS) is 16.2. The summed E-state index contributed by atoms with van der Waals surface area (Å²) in [4.78, 5) is 21.0. The van der Waals surface area contributed by atoms with Gasteiger partial charge in [-0.25, -0.2) is 0 Å². The number of aliphatic imine (C=N–C) groups is 1. The molecule has 31 heavy (non-hydrogen) atoms. The molecule has 0 atom stereocenters. The van der Waals surface area contributed by atoms with Crippen LogP contribution in [-0.2, 0) is 6.54 Å². The van der Waals surface area contributed by atoms with Crippen molar-refractivity contribution in [1.29, 1.82) is 0 Å². The van der Waals surface area contributed by atoms with Crippen LogP contribution in [-0.4, -0.2) is 37.2 Å². The molecule has 0 unspecified atom stereocenters. The number of hydrogen-bond donors (Lipinski definition) is 0. The van der Waals surface area contributed by atoms with E-state index >= 15 is 0 Å². The van der Waals surface area contributed by atoms with E-state index in [-0.39, 0.29) is 0 Å². The van der Waals surface area contributed by atoms with Gasteiger partial charge in [-0.3, -0.25) is 9.79 Å². The maximum Gasteiger partial charge on any atom is 0.150 e. The Kier molecular flexibility index (Phi) is 4.89. The molecule has 158 valence electrons. The Bertz CT molecular complexity index is 1200. The van der Waals surface area contributed by atoms with Crippen molar-refractivity contribution in [2.75, 3.05) is 29.9 Å². The summed E-state index contributed by atoms with van der Waals surface area (Å²) in [6.07, 6.45) is 5.47. The highest BCUT2D eigenvalue weighted by molar-refractivity contribution is 5.96. The van der Waals surface area contributed by atoms with Gasteiger partial charge in [-0.2, -0.15) is 0 Å². The Balaban J connectivity index is 1.61. The van der Waals surface area contributed by atoms with Gasteiger partial charge >= 0.3 is 0 Å². The standard InChI is InChI=1S/C26H28N4O/c1-18(2)29-11-10-28(3)26-23(12-20(17-31)13-25(26)29)27-15-22-14-21-6-4-5-7-24(21)30(22)16-19-8-9-19/h4-7,12-15,17,19H,1,8-11,16H2,2-3H3. The van der Waals surface area contributed by atoms with Gasteiger partial charge in [0.05, 0.1) is 29.0 Å². The number of allylic oxidation sites excluding steroid dienone is 1. The minimum absolute atomic E-state index is 0.631. The second-order valence-electron chi connectivity index (χ2n) is 8.77. The van der Waals surface area contributed by atoms with Crippen LogP contribution in [0.25, 0.3) is 10.9 Å². The minimum Gasteiger partial charge on any atom is -0.369 e. The molecule has 1 saturated carbocycles. The number of hydrogen-bond acceptors (Lipinski definition) is 4. The fourth-order valence-corrected chi connectivity index (χ4v) is 4.50. The number of carbonyl (C=O) groups excluding carboxylic acids is 1. The van der Waals surface area contributed by atoms with Gasteiger partial charge in [0.25, 0.3) is 0 Å². The second kappa shape index (κ2) is 7.73. The smallest absolute Gasteiger partial charge is 0.150 e. The van der Waals surface area contributed by atoms with Gasteiger partial charge in [-0.1, -0.05) is 24.8 Å². The maximum absolute atomic E-state index is 11.7. The van der Waals surface area contributed by atoms with E-state index in [1.807, 2.05) is 25.3 Å². The van der Waals surface area contributed by atoms with Crippen LogP contribution < -0.4 is 9.80 Å². The lowest BCUT2D eigenvalue weighted by Gasteiger charge is -2.38. The van der Waals surface area contributed by atoms with Crippen molar-refractivity contribution in [3.63, 3.8) is 0 Å². The number of benzene rings is 2. The maximum atomic E-state index is 11.7. The Hall–Kier alpha value is -3.34. The van der Waals surface area contributed by atoms with Crippen molar-refractivity contribution >= 4 is 40.5 Å². The molecule has 0 amide bonds. The lowest BCUT2D eigenvalue weighted by Crippen LogP contribution is -2.38. The molecule has 5 heteroatoms. The molecule has 0 bridgehead atoms. The molecule has 1 fully saturated rings. The molecule has 2 heterocycles. The van der Waals surface area contributed by atoms with Crippen molar-refractivity contribution in [3.8, 4) is 0 Å². The van der Waals surface area contributed by atoms with E-state index in [4.69, 9.17) is 4.99 Å². The third-order valence-electron chi connectivity index (χ3n) is 6.34. The molecule has 1 aliphatic heterocycles. The molecule has 3 aromatic rings. The quantitative estimate of drug-likeness (QED) is 0.402. The Morgan fingerprint density at radius 3 is 2.74 bits per heavy atom. The SMILES string of the molecule is C=C(C)N1CCN(C)c2c(N=Cc3cc4ccccc4n3CC3CC3)cc(C=O)cc21. The number of nitrogens with zero attached hydrogens (tertiary/aromatic N) is 4. The number of aromatic nitrogens is 1. The van der Waals surface area contributed by atoms with Gasteiger partial charge < -0.3 is 14.4 Å². The molecule has 1 aromatic heterocycles. The van der Waals surface area contributed by atoms with Gasteiger partial charge in [0, 0.05) is 48.8 Å². The zero-order valence-corrected chi connectivity index (χ0v) is 18.2. The number of carbonyl (C=O) groups is 1. The summed E-state index contributed by atoms with van der Waals surface area (Å²) in [6, 6.07) is 14.5. The van der Waals surface area contributed by atoms with Crippen LogP contribution >= 0.6 is 0 Å². The van der Waals surface area contributed by atoms with Gasteiger partial charge in [-0.15, -0.1) is 0 Å². The third kappa shape index (κ3) is 3.65. The van der Waals surface area contributed by atoms with Gasteiger partial charge in [0.1, 0.15) is 6.29 Å². The average molecular weight is 413 g/mol. The summed E-state index contributed by atoms with van der Waals surface area (Å²) in [5.41, 5.74) is 6.82. The van der Waals surface area contributed by atoms with E-state index in [0.29, 0.717) is 5.56 Å². The lowest BCUT2D eigenvalue weighted by molar-refractivity contribution is 0.112. The fraction of sp³-hybridized carbons (Fsp3) is 0.308. The molecule has 0 radical (unpaired) electrons.